The lowest BCUT2D eigenvalue weighted by atomic mass is 9.49. The van der Waals surface area contributed by atoms with Gasteiger partial charge in [-0.15, -0.1) is 0 Å². The molecular formula is C17H28N2O2. The zero-order valence-electron chi connectivity index (χ0n) is 13.3. The number of allylic oxidation sites excluding steroid dienone is 1. The molecule has 0 radical (unpaired) electrons. The maximum absolute atomic E-state index is 10.6. The normalized spacial score (nSPS) is 32.4. The molecule has 1 heterocycles. The molecule has 0 spiro atoms. The standard InChI is InChI=1S/C17H28N2O2/c1-17(2)14-4-3-13(15(17)11-14)12-19-9-7-18(8-10-19)6-5-16(20)21/h3,14-15H,4-12H2,1-2H3,(H,20,21)/t14-,15-/m0/s1. The first-order chi connectivity index (χ1) is 9.96. The highest BCUT2D eigenvalue weighted by atomic mass is 16.4. The van der Waals surface area contributed by atoms with Gasteiger partial charge in [0.2, 0.25) is 0 Å². The van der Waals surface area contributed by atoms with Gasteiger partial charge in [-0.3, -0.25) is 9.69 Å². The number of rotatable bonds is 5. The molecule has 2 bridgehead atoms. The van der Waals surface area contributed by atoms with E-state index in [1.165, 1.54) is 12.8 Å². The van der Waals surface area contributed by atoms with Gasteiger partial charge in [0.1, 0.15) is 0 Å². The fourth-order valence-electron chi connectivity index (χ4n) is 4.34. The monoisotopic (exact) mass is 292 g/mol. The first kappa shape index (κ1) is 15.0. The summed E-state index contributed by atoms with van der Waals surface area (Å²) in [6.07, 6.45) is 5.44. The molecule has 4 heteroatoms. The van der Waals surface area contributed by atoms with Gasteiger partial charge in [0.05, 0.1) is 6.42 Å². The highest BCUT2D eigenvalue weighted by Gasteiger charge is 2.51. The van der Waals surface area contributed by atoms with Crippen molar-refractivity contribution in [2.24, 2.45) is 17.3 Å². The molecule has 3 aliphatic carbocycles. The predicted molar refractivity (Wildman–Crippen MR) is 83.2 cm³/mol. The molecule has 0 aromatic heterocycles. The molecule has 21 heavy (non-hydrogen) atoms. The highest BCUT2D eigenvalue weighted by molar-refractivity contribution is 5.66. The summed E-state index contributed by atoms with van der Waals surface area (Å²) in [5.74, 6) is 1.03. The number of fused-ring (bicyclic) bond motifs is 1. The number of carbonyl (C=O) groups is 1. The molecule has 1 N–H and O–H groups in total. The van der Waals surface area contributed by atoms with Crippen molar-refractivity contribution in [2.45, 2.75) is 33.1 Å². The van der Waals surface area contributed by atoms with Crippen LogP contribution in [0.1, 0.15) is 33.1 Å². The van der Waals surface area contributed by atoms with Crippen LogP contribution in [0.2, 0.25) is 0 Å². The maximum Gasteiger partial charge on any atom is 0.304 e. The van der Waals surface area contributed by atoms with E-state index in [9.17, 15) is 4.79 Å². The van der Waals surface area contributed by atoms with Crippen LogP contribution in [0.15, 0.2) is 11.6 Å². The number of piperazine rings is 1. The molecule has 4 rings (SSSR count). The van der Waals surface area contributed by atoms with Gasteiger partial charge in [-0.25, -0.2) is 0 Å². The Morgan fingerprint density at radius 1 is 1.29 bits per heavy atom. The van der Waals surface area contributed by atoms with Crippen molar-refractivity contribution in [3.05, 3.63) is 11.6 Å². The van der Waals surface area contributed by atoms with E-state index in [0.717, 1.165) is 44.6 Å². The van der Waals surface area contributed by atoms with Crippen LogP contribution in [-0.2, 0) is 4.79 Å². The van der Waals surface area contributed by atoms with Crippen molar-refractivity contribution in [3.8, 4) is 0 Å². The zero-order valence-corrected chi connectivity index (χ0v) is 13.3. The maximum atomic E-state index is 10.6. The highest BCUT2D eigenvalue weighted by Crippen LogP contribution is 2.59. The third kappa shape index (κ3) is 3.02. The summed E-state index contributed by atoms with van der Waals surface area (Å²) in [5.41, 5.74) is 2.19. The van der Waals surface area contributed by atoms with Crippen molar-refractivity contribution < 1.29 is 9.90 Å². The second kappa shape index (κ2) is 5.73. The smallest absolute Gasteiger partial charge is 0.304 e. The van der Waals surface area contributed by atoms with Crippen LogP contribution < -0.4 is 0 Å². The average Bonchev–Trinajstić information content (AvgIpc) is 2.46. The van der Waals surface area contributed by atoms with Crippen LogP contribution in [0.5, 0.6) is 0 Å². The molecule has 0 aromatic carbocycles. The van der Waals surface area contributed by atoms with Gasteiger partial charge in [0.25, 0.3) is 0 Å². The van der Waals surface area contributed by atoms with Crippen LogP contribution in [0.25, 0.3) is 0 Å². The van der Waals surface area contributed by atoms with E-state index >= 15 is 0 Å². The second-order valence-corrected chi connectivity index (χ2v) is 7.58. The molecule has 1 saturated heterocycles. The third-order valence-electron chi connectivity index (χ3n) is 6.10. The summed E-state index contributed by atoms with van der Waals surface area (Å²) < 4.78 is 0. The lowest BCUT2D eigenvalue weighted by molar-refractivity contribution is -0.137. The minimum Gasteiger partial charge on any atom is -0.481 e. The van der Waals surface area contributed by atoms with Crippen LogP contribution in [-0.4, -0.2) is 60.1 Å². The SMILES string of the molecule is CC1(C)[C@H]2CC=C(CN3CCN(CCC(=O)O)CC3)[C@@H]1C2. The lowest BCUT2D eigenvalue weighted by Crippen LogP contribution is -2.52. The second-order valence-electron chi connectivity index (χ2n) is 7.58. The number of aliphatic carboxylic acids is 1. The van der Waals surface area contributed by atoms with Gasteiger partial charge in [-0.1, -0.05) is 25.5 Å². The Morgan fingerprint density at radius 2 is 1.95 bits per heavy atom. The van der Waals surface area contributed by atoms with Gasteiger partial charge in [0, 0.05) is 39.3 Å². The number of carboxylic acids is 1. The number of hydrogen-bond donors (Lipinski definition) is 1. The molecule has 1 aliphatic heterocycles. The lowest BCUT2D eigenvalue weighted by Gasteiger charge is -2.57. The first-order valence-electron chi connectivity index (χ1n) is 8.32. The molecule has 2 atom stereocenters. The van der Waals surface area contributed by atoms with Crippen LogP contribution in [0.3, 0.4) is 0 Å². The summed E-state index contributed by atoms with van der Waals surface area (Å²) in [4.78, 5) is 15.5. The van der Waals surface area contributed by atoms with Crippen molar-refractivity contribution in [1.82, 2.24) is 9.80 Å². The molecule has 0 unspecified atom stereocenters. The summed E-state index contributed by atoms with van der Waals surface area (Å²) in [6.45, 7) is 10.9. The summed E-state index contributed by atoms with van der Waals surface area (Å²) in [6, 6.07) is 0. The minimum absolute atomic E-state index is 0.267. The fraction of sp³-hybridized carbons (Fsp3) is 0.824. The van der Waals surface area contributed by atoms with Gasteiger partial charge in [-0.05, 0) is 30.1 Å². The molecule has 2 fully saturated rings. The average molecular weight is 292 g/mol. The van der Waals surface area contributed by atoms with Gasteiger partial charge in [-0.2, -0.15) is 0 Å². The zero-order chi connectivity index (χ0) is 15.0. The number of nitrogens with zero attached hydrogens (tertiary/aromatic N) is 2. The van der Waals surface area contributed by atoms with Gasteiger partial charge >= 0.3 is 5.97 Å². The van der Waals surface area contributed by atoms with Gasteiger partial charge < -0.3 is 10.0 Å². The molecule has 1 saturated carbocycles. The van der Waals surface area contributed by atoms with Crippen LogP contribution in [0, 0.1) is 17.3 Å². The van der Waals surface area contributed by atoms with Crippen molar-refractivity contribution in [3.63, 3.8) is 0 Å². The Bertz CT molecular complexity index is 436. The Kier molecular flexibility index (Phi) is 4.10. The van der Waals surface area contributed by atoms with E-state index < -0.39 is 5.97 Å². The van der Waals surface area contributed by atoms with Crippen molar-refractivity contribution >= 4 is 5.97 Å². The molecule has 4 aliphatic rings. The van der Waals surface area contributed by atoms with Crippen molar-refractivity contribution in [1.29, 1.82) is 0 Å². The summed E-state index contributed by atoms with van der Waals surface area (Å²) >= 11 is 0. The minimum atomic E-state index is -0.688. The van der Waals surface area contributed by atoms with E-state index in [1.54, 1.807) is 5.57 Å². The summed E-state index contributed by atoms with van der Waals surface area (Å²) in [7, 11) is 0. The molecular weight excluding hydrogens is 264 g/mol. The third-order valence-corrected chi connectivity index (χ3v) is 6.10. The topological polar surface area (TPSA) is 43.8 Å². The van der Waals surface area contributed by atoms with Crippen LogP contribution in [0.4, 0.5) is 0 Å². The van der Waals surface area contributed by atoms with Crippen molar-refractivity contribution in [2.75, 3.05) is 39.3 Å². The predicted octanol–water partition coefficient (Wildman–Crippen LogP) is 2.07. The van der Waals surface area contributed by atoms with E-state index in [1.807, 2.05) is 0 Å². The van der Waals surface area contributed by atoms with Gasteiger partial charge in [0.15, 0.2) is 0 Å². The van der Waals surface area contributed by atoms with E-state index in [2.05, 4.69) is 29.7 Å². The number of hydrogen-bond acceptors (Lipinski definition) is 3. The van der Waals surface area contributed by atoms with Crippen LogP contribution >= 0.6 is 0 Å². The van der Waals surface area contributed by atoms with E-state index in [0.29, 0.717) is 12.0 Å². The molecule has 0 amide bonds. The Morgan fingerprint density at radius 3 is 2.52 bits per heavy atom. The molecule has 118 valence electrons. The molecule has 4 nitrogen and oxygen atoms in total. The fourth-order valence-corrected chi connectivity index (χ4v) is 4.34. The Hall–Kier alpha value is -0.870. The summed E-state index contributed by atoms with van der Waals surface area (Å²) in [5, 5.41) is 8.75. The quantitative estimate of drug-likeness (QED) is 0.788. The first-order valence-corrected chi connectivity index (χ1v) is 8.32. The number of carboxylic acid groups (broad SMARTS) is 1. The largest absolute Gasteiger partial charge is 0.481 e. The Labute approximate surface area is 127 Å². The van der Waals surface area contributed by atoms with E-state index in [4.69, 9.17) is 5.11 Å². The molecule has 0 aromatic rings. The van der Waals surface area contributed by atoms with E-state index in [-0.39, 0.29) is 6.42 Å². The Balaban J connectivity index is 1.46.